The number of ether oxygens (including phenoxy) is 1. The quantitative estimate of drug-likeness (QED) is 0.315. The molecule has 2 N–H and O–H groups in total. The number of nitrogens with zero attached hydrogens (tertiary/aromatic N) is 6. The molecule has 0 spiro atoms. The zero-order valence-corrected chi connectivity index (χ0v) is 22.5. The topological polar surface area (TPSA) is 119 Å². The van der Waals surface area contributed by atoms with Crippen LogP contribution in [0.3, 0.4) is 0 Å². The van der Waals surface area contributed by atoms with Crippen LogP contribution in [0.4, 0.5) is 35.0 Å². The number of aromatic nitrogens is 4. The maximum atomic E-state index is 14.1. The maximum absolute atomic E-state index is 14.1. The number of amides is 2. The third kappa shape index (κ3) is 5.75. The minimum atomic E-state index is -4.73. The number of imidazole rings is 1. The summed E-state index contributed by atoms with van der Waals surface area (Å²) in [7, 11) is 1.51. The number of nitrogen functional groups attached to an aromatic ring is 1. The molecular weight excluding hydrogens is 558 g/mol. The van der Waals surface area contributed by atoms with Crippen LogP contribution in [-0.2, 0) is 15.7 Å². The highest BCUT2D eigenvalue weighted by Crippen LogP contribution is 2.38. The highest BCUT2D eigenvalue weighted by molar-refractivity contribution is 6.12. The number of anilines is 3. The molecule has 1 atom stereocenters. The first-order valence-electron chi connectivity index (χ1n) is 13.1. The number of halogens is 4. The Hall–Kier alpha value is -4.59. The molecule has 220 valence electrons. The zero-order chi connectivity index (χ0) is 30.0. The van der Waals surface area contributed by atoms with Crippen molar-refractivity contribution in [2.24, 2.45) is 0 Å². The van der Waals surface area contributed by atoms with Gasteiger partial charge in [0.25, 0.3) is 5.91 Å². The normalized spacial score (nSPS) is 15.6. The first kappa shape index (κ1) is 28.9. The number of methoxy groups -OCH3 is 1. The number of likely N-dealkylation sites (tertiary alicyclic amines) is 1. The summed E-state index contributed by atoms with van der Waals surface area (Å²) in [4.78, 5) is 42.2. The van der Waals surface area contributed by atoms with Gasteiger partial charge in [0.2, 0.25) is 5.91 Å². The van der Waals surface area contributed by atoms with Crippen molar-refractivity contribution < 1.29 is 31.9 Å². The minimum Gasteiger partial charge on any atom is -0.384 e. The Balaban J connectivity index is 1.66. The molecule has 5 rings (SSSR count). The molecule has 1 aromatic carbocycles. The van der Waals surface area contributed by atoms with Gasteiger partial charge in [0.05, 0.1) is 18.6 Å². The van der Waals surface area contributed by atoms with Gasteiger partial charge in [-0.05, 0) is 43.2 Å². The van der Waals surface area contributed by atoms with Gasteiger partial charge in [-0.3, -0.25) is 14.0 Å². The standard InChI is InChI=1S/C28H27F4N7O3/c1-42-13-8-22(40)37-11-3-5-18(16-37)25-36-26(23-24(33)35-10-12-38(23)25)39(27(41)17-4-2-6-20(29)14-17)21-15-19(7-9-34-21)28(30,31)32/h2,4,6-7,9-10,12,14-15,18H,3,5,8,11,13,16H2,1H3,(H2,33,35)/t18-/m1/s1. The number of nitrogens with two attached hydrogens (primary N) is 1. The molecule has 14 heteroatoms. The SMILES string of the molecule is COCCC(=O)N1CCC[C@@H](c2nc(N(C(=O)c3cccc(F)c3)c3cc(C(F)(F)F)ccn3)c3c(N)nccn23)C1. The number of benzene rings is 1. The number of fused-ring (bicyclic) bond motifs is 1. The number of piperidine rings is 1. The second-order valence-corrected chi connectivity index (χ2v) is 9.80. The van der Waals surface area contributed by atoms with E-state index in [1.807, 2.05) is 0 Å². The monoisotopic (exact) mass is 585 g/mol. The van der Waals surface area contributed by atoms with E-state index < -0.39 is 29.3 Å². The molecule has 4 heterocycles. The first-order valence-corrected chi connectivity index (χ1v) is 13.1. The molecule has 1 saturated heterocycles. The predicted molar refractivity (Wildman–Crippen MR) is 145 cm³/mol. The molecule has 1 aliphatic rings. The van der Waals surface area contributed by atoms with Gasteiger partial charge in [0.15, 0.2) is 11.6 Å². The lowest BCUT2D eigenvalue weighted by Gasteiger charge is -2.32. The third-order valence-corrected chi connectivity index (χ3v) is 7.04. The Morgan fingerprint density at radius 1 is 1.17 bits per heavy atom. The number of hydrogen-bond acceptors (Lipinski definition) is 7. The van der Waals surface area contributed by atoms with Crippen LogP contribution < -0.4 is 10.6 Å². The zero-order valence-electron chi connectivity index (χ0n) is 22.5. The second-order valence-electron chi connectivity index (χ2n) is 9.80. The molecule has 0 saturated carbocycles. The number of rotatable bonds is 7. The number of carbonyl (C=O) groups excluding carboxylic acids is 2. The average Bonchev–Trinajstić information content (AvgIpc) is 3.36. The van der Waals surface area contributed by atoms with Gasteiger partial charge in [-0.1, -0.05) is 6.07 Å². The fourth-order valence-electron chi connectivity index (χ4n) is 5.05. The fourth-order valence-corrected chi connectivity index (χ4v) is 5.05. The van der Waals surface area contributed by atoms with Crippen molar-refractivity contribution in [3.8, 4) is 0 Å². The molecule has 2 amide bonds. The lowest BCUT2D eigenvalue weighted by Crippen LogP contribution is -2.39. The third-order valence-electron chi connectivity index (χ3n) is 7.04. The van der Waals surface area contributed by atoms with Gasteiger partial charge in [-0.2, -0.15) is 13.2 Å². The largest absolute Gasteiger partial charge is 0.416 e. The summed E-state index contributed by atoms with van der Waals surface area (Å²) in [5.41, 5.74) is 5.22. The lowest BCUT2D eigenvalue weighted by molar-refractivity contribution is -0.137. The van der Waals surface area contributed by atoms with Crippen LogP contribution in [0.25, 0.3) is 5.52 Å². The predicted octanol–water partition coefficient (Wildman–Crippen LogP) is 4.59. The lowest BCUT2D eigenvalue weighted by atomic mass is 9.97. The Kier molecular flexibility index (Phi) is 8.07. The minimum absolute atomic E-state index is 0.0425. The van der Waals surface area contributed by atoms with E-state index in [9.17, 15) is 27.2 Å². The van der Waals surface area contributed by atoms with E-state index in [4.69, 9.17) is 15.5 Å². The van der Waals surface area contributed by atoms with Crippen molar-refractivity contribution in [1.82, 2.24) is 24.3 Å². The Morgan fingerprint density at radius 3 is 2.71 bits per heavy atom. The summed E-state index contributed by atoms with van der Waals surface area (Å²) in [6.07, 6.45) is 0.745. The molecule has 42 heavy (non-hydrogen) atoms. The van der Waals surface area contributed by atoms with E-state index >= 15 is 0 Å². The van der Waals surface area contributed by atoms with Crippen LogP contribution in [0.15, 0.2) is 55.0 Å². The summed E-state index contributed by atoms with van der Waals surface area (Å²) in [6, 6.07) is 6.23. The van der Waals surface area contributed by atoms with E-state index in [-0.39, 0.29) is 47.6 Å². The highest BCUT2D eigenvalue weighted by Gasteiger charge is 2.35. The number of hydrogen-bond donors (Lipinski definition) is 1. The second kappa shape index (κ2) is 11.7. The summed E-state index contributed by atoms with van der Waals surface area (Å²) in [5, 5.41) is 0. The van der Waals surface area contributed by atoms with Crippen LogP contribution in [0.2, 0.25) is 0 Å². The maximum Gasteiger partial charge on any atom is 0.416 e. The summed E-state index contributed by atoms with van der Waals surface area (Å²) in [6.45, 7) is 1.15. The molecule has 0 aliphatic carbocycles. The Labute approximate surface area is 237 Å². The molecular formula is C28H27F4N7O3. The van der Waals surface area contributed by atoms with E-state index in [1.165, 1.54) is 25.4 Å². The van der Waals surface area contributed by atoms with Crippen LogP contribution in [-0.4, -0.2) is 62.9 Å². The smallest absolute Gasteiger partial charge is 0.384 e. The molecule has 4 aromatic rings. The van der Waals surface area contributed by atoms with Gasteiger partial charge >= 0.3 is 6.18 Å². The number of pyridine rings is 1. The Morgan fingerprint density at radius 2 is 1.98 bits per heavy atom. The molecule has 1 aliphatic heterocycles. The van der Waals surface area contributed by atoms with Crippen LogP contribution >= 0.6 is 0 Å². The van der Waals surface area contributed by atoms with Crippen LogP contribution in [0.5, 0.6) is 0 Å². The van der Waals surface area contributed by atoms with Gasteiger partial charge in [-0.25, -0.2) is 24.2 Å². The number of carbonyl (C=O) groups is 2. The van der Waals surface area contributed by atoms with Crippen molar-refractivity contribution in [3.05, 3.63) is 77.8 Å². The fraction of sp³-hybridized carbons (Fsp3) is 0.321. The van der Waals surface area contributed by atoms with Gasteiger partial charge < -0.3 is 15.4 Å². The van der Waals surface area contributed by atoms with E-state index in [1.54, 1.807) is 15.5 Å². The molecule has 10 nitrogen and oxygen atoms in total. The van der Waals surface area contributed by atoms with Crippen molar-refractivity contribution >= 4 is 34.8 Å². The van der Waals surface area contributed by atoms with Crippen LogP contribution in [0, 0.1) is 5.82 Å². The summed E-state index contributed by atoms with van der Waals surface area (Å²) in [5.74, 6) is -2.10. The van der Waals surface area contributed by atoms with Crippen molar-refractivity contribution in [2.45, 2.75) is 31.4 Å². The van der Waals surface area contributed by atoms with Gasteiger partial charge in [0, 0.05) is 50.3 Å². The molecule has 3 aromatic heterocycles. The summed E-state index contributed by atoms with van der Waals surface area (Å²) >= 11 is 0. The van der Waals surface area contributed by atoms with E-state index in [0.717, 1.165) is 29.3 Å². The molecule has 0 bridgehead atoms. The van der Waals surface area contributed by atoms with E-state index in [2.05, 4.69) is 9.97 Å². The number of alkyl halides is 3. The average molecular weight is 586 g/mol. The van der Waals surface area contributed by atoms with Crippen molar-refractivity contribution in [2.75, 3.05) is 37.4 Å². The molecule has 0 unspecified atom stereocenters. The van der Waals surface area contributed by atoms with Crippen LogP contribution in [0.1, 0.15) is 46.9 Å². The molecule has 1 fully saturated rings. The van der Waals surface area contributed by atoms with Gasteiger partial charge in [0.1, 0.15) is 23.0 Å². The Bertz CT molecular complexity index is 1620. The van der Waals surface area contributed by atoms with Gasteiger partial charge in [-0.15, -0.1) is 0 Å². The molecule has 0 radical (unpaired) electrons. The first-order chi connectivity index (χ1) is 20.1. The van der Waals surface area contributed by atoms with Crippen molar-refractivity contribution in [1.29, 1.82) is 0 Å². The van der Waals surface area contributed by atoms with Crippen molar-refractivity contribution in [3.63, 3.8) is 0 Å². The summed E-state index contributed by atoms with van der Waals surface area (Å²) < 4.78 is 61.8. The highest BCUT2D eigenvalue weighted by atomic mass is 19.4. The van der Waals surface area contributed by atoms with E-state index in [0.29, 0.717) is 37.8 Å².